The van der Waals surface area contributed by atoms with Crippen LogP contribution in [0.25, 0.3) is 0 Å². The van der Waals surface area contributed by atoms with Gasteiger partial charge >= 0.3 is 37.7 Å². The van der Waals surface area contributed by atoms with Crippen LogP contribution in [0.1, 0.15) is 200 Å². The van der Waals surface area contributed by atoms with Gasteiger partial charge in [-0.25, -0.2) is 0 Å². The Morgan fingerprint density at radius 3 is 0.658 bits per heavy atom. The molecule has 0 aliphatic heterocycles. The molecule has 0 rings (SSSR count). The van der Waals surface area contributed by atoms with Crippen molar-refractivity contribution >= 4 is 49.7 Å². The summed E-state index contributed by atoms with van der Waals surface area (Å²) in [5.74, 6) is -1.81. The Morgan fingerprint density at radius 1 is 0.342 bits per heavy atom. The van der Waals surface area contributed by atoms with Crippen LogP contribution in [0.3, 0.4) is 0 Å². The Balaban J connectivity index is -0.000000629. The first-order chi connectivity index (χ1) is 18.0. The second-order valence-corrected chi connectivity index (χ2v) is 11.1. The number of hydrogen-bond donors (Lipinski definition) is 0. The molecule has 0 N–H and O–H groups in total. The zero-order valence-electron chi connectivity index (χ0n) is 25.8. The fourth-order valence-electron chi connectivity index (χ4n) is 4.75. The van der Waals surface area contributed by atoms with Gasteiger partial charge in [-0.15, -0.1) is 0 Å². The van der Waals surface area contributed by atoms with Crippen LogP contribution in [0, 0.1) is 0 Å². The Kier molecular flexibility index (Phi) is 44.2. The van der Waals surface area contributed by atoms with Crippen LogP contribution in [0.5, 0.6) is 0 Å². The van der Waals surface area contributed by atoms with E-state index in [0.717, 1.165) is 25.7 Å². The maximum atomic E-state index is 10.2. The van der Waals surface area contributed by atoms with Crippen LogP contribution in [0.4, 0.5) is 0 Å². The monoisotopic (exact) mass is 564 g/mol. The minimum absolute atomic E-state index is 0. The first-order valence-electron chi connectivity index (χ1n) is 16.4. The molecule has 5 heteroatoms. The smallest absolute Gasteiger partial charge is 0.550 e. The van der Waals surface area contributed by atoms with Gasteiger partial charge in [-0.3, -0.25) is 0 Å². The molecule has 0 aromatic carbocycles. The standard InChI is InChI=1S/C17H34O2.C16H32O2.Ca/c1-2-3-4-5-6-7-8-9-10-11-12-13-14-15-16-17(18)19;1-2-3-4-5-6-7-8-9-10-11-12-13-14-15-16(17)18;/h2-16H2,1H3,(H,18,19);2-15H2,1H3,(H,17,18);/q;;+2/p-2. The van der Waals surface area contributed by atoms with Crippen LogP contribution < -0.4 is 10.2 Å². The number of carboxylic acids is 2. The van der Waals surface area contributed by atoms with Crippen molar-refractivity contribution in [3.63, 3.8) is 0 Å². The van der Waals surface area contributed by atoms with E-state index in [1.54, 1.807) is 0 Å². The summed E-state index contributed by atoms with van der Waals surface area (Å²) in [6, 6.07) is 0. The molecular weight excluding hydrogens is 500 g/mol. The predicted octanol–water partition coefficient (Wildman–Crippen LogP) is 8.44. The van der Waals surface area contributed by atoms with Crippen molar-refractivity contribution in [3.8, 4) is 0 Å². The molecule has 0 radical (unpaired) electrons. The fourth-order valence-corrected chi connectivity index (χ4v) is 4.75. The topological polar surface area (TPSA) is 80.3 Å². The van der Waals surface area contributed by atoms with E-state index in [9.17, 15) is 19.8 Å². The van der Waals surface area contributed by atoms with E-state index in [1.807, 2.05) is 0 Å². The van der Waals surface area contributed by atoms with E-state index >= 15 is 0 Å². The number of rotatable bonds is 29. The second-order valence-electron chi connectivity index (χ2n) is 11.1. The molecule has 0 fully saturated rings. The SMILES string of the molecule is CCCCCCCCCCCCCCCC(=O)[O-].CCCCCCCCCCCCCCCCC(=O)[O-].[Ca+2]. The van der Waals surface area contributed by atoms with Crippen molar-refractivity contribution in [3.05, 3.63) is 0 Å². The van der Waals surface area contributed by atoms with Gasteiger partial charge in [0.05, 0.1) is 0 Å². The van der Waals surface area contributed by atoms with E-state index in [1.165, 1.54) is 148 Å². The summed E-state index contributed by atoms with van der Waals surface area (Å²) in [5, 5.41) is 20.4. The first kappa shape index (κ1) is 42.7. The Labute approximate surface area is 267 Å². The number of carbonyl (C=O) groups excluding carboxylic acids is 2. The second kappa shape index (κ2) is 39.3. The van der Waals surface area contributed by atoms with E-state index < -0.39 is 11.9 Å². The molecule has 4 nitrogen and oxygen atoms in total. The summed E-state index contributed by atoms with van der Waals surface area (Å²) >= 11 is 0. The number of hydrogen-bond acceptors (Lipinski definition) is 4. The summed E-state index contributed by atoms with van der Waals surface area (Å²) in [7, 11) is 0. The predicted molar refractivity (Wildman–Crippen MR) is 161 cm³/mol. The minimum atomic E-state index is -0.905. The molecule has 0 spiro atoms. The van der Waals surface area contributed by atoms with Crippen molar-refractivity contribution in [2.24, 2.45) is 0 Å². The Hall–Kier alpha value is 0.200. The zero-order valence-corrected chi connectivity index (χ0v) is 28.1. The van der Waals surface area contributed by atoms with E-state index in [-0.39, 0.29) is 50.6 Å². The Morgan fingerprint density at radius 2 is 0.500 bits per heavy atom. The summed E-state index contributed by atoms with van der Waals surface area (Å²) < 4.78 is 0. The average Bonchev–Trinajstić information content (AvgIpc) is 2.87. The summed E-state index contributed by atoms with van der Waals surface area (Å²) in [5.41, 5.74) is 0. The van der Waals surface area contributed by atoms with Crippen LogP contribution in [0.15, 0.2) is 0 Å². The average molecular weight is 565 g/mol. The van der Waals surface area contributed by atoms with Gasteiger partial charge in [0, 0.05) is 11.9 Å². The van der Waals surface area contributed by atoms with Crippen molar-refractivity contribution in [2.45, 2.75) is 200 Å². The van der Waals surface area contributed by atoms with Crippen LogP contribution in [-0.4, -0.2) is 49.7 Å². The van der Waals surface area contributed by atoms with Gasteiger partial charge in [0.1, 0.15) is 0 Å². The largest absolute Gasteiger partial charge is 2.00 e. The molecular formula is C33H64CaO4. The van der Waals surface area contributed by atoms with Gasteiger partial charge in [-0.2, -0.15) is 0 Å². The van der Waals surface area contributed by atoms with Gasteiger partial charge in [0.15, 0.2) is 0 Å². The van der Waals surface area contributed by atoms with Crippen LogP contribution in [-0.2, 0) is 9.59 Å². The van der Waals surface area contributed by atoms with Crippen molar-refractivity contribution < 1.29 is 19.8 Å². The van der Waals surface area contributed by atoms with Gasteiger partial charge in [-0.1, -0.05) is 174 Å². The zero-order chi connectivity index (χ0) is 27.7. The third-order valence-electron chi connectivity index (χ3n) is 7.22. The molecule has 222 valence electrons. The van der Waals surface area contributed by atoms with Gasteiger partial charge in [0.25, 0.3) is 0 Å². The molecule has 0 aliphatic carbocycles. The molecule has 0 bridgehead atoms. The van der Waals surface area contributed by atoms with Crippen molar-refractivity contribution in [1.82, 2.24) is 0 Å². The summed E-state index contributed by atoms with van der Waals surface area (Å²) in [6.07, 6.45) is 35.3. The van der Waals surface area contributed by atoms with Crippen LogP contribution in [0.2, 0.25) is 0 Å². The molecule has 0 saturated carbocycles. The maximum absolute atomic E-state index is 10.2. The van der Waals surface area contributed by atoms with Gasteiger partial charge < -0.3 is 19.8 Å². The molecule has 0 heterocycles. The molecule has 0 saturated heterocycles. The molecule has 0 aromatic heterocycles. The third kappa shape index (κ3) is 46.1. The molecule has 0 amide bonds. The number of carbonyl (C=O) groups is 2. The van der Waals surface area contributed by atoms with E-state index in [0.29, 0.717) is 0 Å². The molecule has 0 unspecified atom stereocenters. The fraction of sp³-hybridized carbons (Fsp3) is 0.939. The number of unbranched alkanes of at least 4 members (excludes halogenated alkanes) is 25. The first-order valence-corrected chi connectivity index (χ1v) is 16.4. The molecule has 38 heavy (non-hydrogen) atoms. The molecule has 0 atom stereocenters. The summed E-state index contributed by atoms with van der Waals surface area (Å²) in [6.45, 7) is 4.52. The van der Waals surface area contributed by atoms with Gasteiger partial charge in [-0.05, 0) is 25.7 Å². The Bertz CT molecular complexity index is 456. The third-order valence-corrected chi connectivity index (χ3v) is 7.22. The normalized spacial score (nSPS) is 10.5. The minimum Gasteiger partial charge on any atom is -0.550 e. The van der Waals surface area contributed by atoms with Crippen LogP contribution >= 0.6 is 0 Å². The quantitative estimate of drug-likeness (QED) is 0.0674. The summed E-state index contributed by atoms with van der Waals surface area (Å²) in [4.78, 5) is 20.4. The van der Waals surface area contributed by atoms with Gasteiger partial charge in [0.2, 0.25) is 0 Å². The molecule has 0 aliphatic rings. The number of aliphatic carboxylic acids is 2. The van der Waals surface area contributed by atoms with E-state index in [2.05, 4.69) is 13.8 Å². The maximum Gasteiger partial charge on any atom is 2.00 e. The van der Waals surface area contributed by atoms with Crippen molar-refractivity contribution in [2.75, 3.05) is 0 Å². The molecule has 0 aromatic rings. The van der Waals surface area contributed by atoms with Crippen molar-refractivity contribution in [1.29, 1.82) is 0 Å². The van der Waals surface area contributed by atoms with E-state index in [4.69, 9.17) is 0 Å². The number of carboxylic acid groups (broad SMARTS) is 2.